The van der Waals surface area contributed by atoms with Crippen molar-refractivity contribution in [1.82, 2.24) is 0 Å². The number of benzene rings is 2. The first-order valence-corrected chi connectivity index (χ1v) is 8.89. The first kappa shape index (κ1) is 19.6. The molecule has 2 rings (SSSR count). The Balaban J connectivity index is 2.35. The lowest BCUT2D eigenvalue weighted by Gasteiger charge is -2.13. The molecular formula is C18H20N2O5S. The molecule has 0 fully saturated rings. The van der Waals surface area contributed by atoms with Gasteiger partial charge in [-0.2, -0.15) is 0 Å². The van der Waals surface area contributed by atoms with Gasteiger partial charge in [-0.05, 0) is 38.1 Å². The molecule has 0 spiro atoms. The van der Waals surface area contributed by atoms with E-state index in [-0.39, 0.29) is 11.6 Å². The van der Waals surface area contributed by atoms with Crippen molar-refractivity contribution in [2.75, 3.05) is 18.5 Å². The lowest BCUT2D eigenvalue weighted by molar-refractivity contribution is -0.387. The first-order valence-electron chi connectivity index (χ1n) is 8.08. The zero-order valence-electron chi connectivity index (χ0n) is 14.8. The maximum atomic E-state index is 11.5. The number of nitrogens with one attached hydrogen (secondary N) is 1. The fraction of sp³-hybridized carbons (Fsp3) is 0.278. The highest BCUT2D eigenvalue weighted by molar-refractivity contribution is 7.99. The van der Waals surface area contributed by atoms with Crippen LogP contribution in [0.15, 0.2) is 46.2 Å². The maximum absolute atomic E-state index is 11.5. The highest BCUT2D eigenvalue weighted by Gasteiger charge is 2.21. The van der Waals surface area contributed by atoms with Gasteiger partial charge in [0.05, 0.1) is 29.1 Å². The SMILES string of the molecule is CCOc1cc(Sc2ccc(NC(C)=O)cc2)c([N+](=O)[O-])cc1OCC. The molecule has 0 bridgehead atoms. The second kappa shape index (κ2) is 9.10. The Morgan fingerprint density at radius 3 is 2.19 bits per heavy atom. The standard InChI is InChI=1S/C18H20N2O5S/c1-4-24-16-10-15(20(22)23)18(11-17(16)25-5-2)26-14-8-6-13(7-9-14)19-12(3)21/h6-11H,4-5H2,1-3H3,(H,19,21). The number of nitro groups is 1. The number of hydrogen-bond donors (Lipinski definition) is 1. The first-order chi connectivity index (χ1) is 12.4. The van der Waals surface area contributed by atoms with Gasteiger partial charge < -0.3 is 14.8 Å². The number of carbonyl (C=O) groups is 1. The summed E-state index contributed by atoms with van der Waals surface area (Å²) in [5.74, 6) is 0.664. The van der Waals surface area contributed by atoms with Crippen LogP contribution in [-0.2, 0) is 4.79 Å². The number of ether oxygens (including phenoxy) is 2. The number of rotatable bonds is 8. The summed E-state index contributed by atoms with van der Waals surface area (Å²) in [5, 5.41) is 14.1. The lowest BCUT2D eigenvalue weighted by atomic mass is 10.2. The summed E-state index contributed by atoms with van der Waals surface area (Å²) in [6, 6.07) is 10.1. The lowest BCUT2D eigenvalue weighted by Crippen LogP contribution is -2.05. The van der Waals surface area contributed by atoms with Gasteiger partial charge >= 0.3 is 0 Å². The van der Waals surface area contributed by atoms with Crippen LogP contribution in [0.3, 0.4) is 0 Å². The Bertz CT molecular complexity index is 793. The molecular weight excluding hydrogens is 356 g/mol. The van der Waals surface area contributed by atoms with Crippen LogP contribution in [-0.4, -0.2) is 24.0 Å². The molecule has 26 heavy (non-hydrogen) atoms. The van der Waals surface area contributed by atoms with Gasteiger partial charge in [0.15, 0.2) is 11.5 Å². The fourth-order valence-corrected chi connectivity index (χ4v) is 3.16. The summed E-state index contributed by atoms with van der Waals surface area (Å²) in [7, 11) is 0. The number of amides is 1. The number of carbonyl (C=O) groups excluding carboxylic acids is 1. The van der Waals surface area contributed by atoms with Crippen LogP contribution in [0.2, 0.25) is 0 Å². The van der Waals surface area contributed by atoms with E-state index in [1.165, 1.54) is 24.8 Å². The topological polar surface area (TPSA) is 90.7 Å². The monoisotopic (exact) mass is 376 g/mol. The van der Waals surface area contributed by atoms with Crippen molar-refractivity contribution in [3.8, 4) is 11.5 Å². The molecule has 8 heteroatoms. The minimum Gasteiger partial charge on any atom is -0.490 e. The van der Waals surface area contributed by atoms with Gasteiger partial charge in [-0.25, -0.2) is 0 Å². The van der Waals surface area contributed by atoms with Crippen LogP contribution in [0, 0.1) is 10.1 Å². The Morgan fingerprint density at radius 2 is 1.69 bits per heavy atom. The highest BCUT2D eigenvalue weighted by Crippen LogP contribution is 2.42. The van der Waals surface area contributed by atoms with Crippen molar-refractivity contribution >= 4 is 29.0 Å². The molecule has 2 aromatic carbocycles. The molecule has 0 aromatic heterocycles. The van der Waals surface area contributed by atoms with E-state index in [4.69, 9.17) is 9.47 Å². The predicted molar refractivity (Wildman–Crippen MR) is 100 cm³/mol. The van der Waals surface area contributed by atoms with Crippen LogP contribution in [0.4, 0.5) is 11.4 Å². The van der Waals surface area contributed by atoms with Gasteiger partial charge in [0.1, 0.15) is 0 Å². The number of hydrogen-bond acceptors (Lipinski definition) is 6. The van der Waals surface area contributed by atoms with Gasteiger partial charge in [-0.3, -0.25) is 14.9 Å². The van der Waals surface area contributed by atoms with E-state index in [0.29, 0.717) is 35.3 Å². The van der Waals surface area contributed by atoms with Gasteiger partial charge in [-0.15, -0.1) is 0 Å². The van der Waals surface area contributed by atoms with Crippen molar-refractivity contribution in [2.45, 2.75) is 30.6 Å². The van der Waals surface area contributed by atoms with Crippen molar-refractivity contribution in [3.05, 3.63) is 46.5 Å². The molecule has 7 nitrogen and oxygen atoms in total. The number of anilines is 1. The van der Waals surface area contributed by atoms with E-state index in [0.717, 1.165) is 4.90 Å². The van der Waals surface area contributed by atoms with Crippen molar-refractivity contribution < 1.29 is 19.2 Å². The summed E-state index contributed by atoms with van der Waals surface area (Å²) < 4.78 is 11.0. The van der Waals surface area contributed by atoms with E-state index in [2.05, 4.69) is 5.32 Å². The number of nitro benzene ring substituents is 1. The third-order valence-electron chi connectivity index (χ3n) is 3.22. The van der Waals surface area contributed by atoms with Crippen molar-refractivity contribution in [3.63, 3.8) is 0 Å². The van der Waals surface area contributed by atoms with Crippen LogP contribution < -0.4 is 14.8 Å². The Hall–Kier alpha value is -2.74. The molecule has 0 heterocycles. The predicted octanol–water partition coefficient (Wildman–Crippen LogP) is 4.50. The minimum absolute atomic E-state index is 0.0483. The normalized spacial score (nSPS) is 10.3. The summed E-state index contributed by atoms with van der Waals surface area (Å²) in [6.45, 7) is 5.88. The van der Waals surface area contributed by atoms with E-state index in [1.807, 2.05) is 6.92 Å². The largest absolute Gasteiger partial charge is 0.490 e. The van der Waals surface area contributed by atoms with E-state index < -0.39 is 4.92 Å². The van der Waals surface area contributed by atoms with Gasteiger partial charge in [-0.1, -0.05) is 11.8 Å². The average Bonchev–Trinajstić information content (AvgIpc) is 2.58. The van der Waals surface area contributed by atoms with Crippen LogP contribution >= 0.6 is 11.8 Å². The summed E-state index contributed by atoms with van der Waals surface area (Å²) in [4.78, 5) is 23.4. The third-order valence-corrected chi connectivity index (χ3v) is 4.28. The second-order valence-corrected chi connectivity index (χ2v) is 6.31. The molecule has 2 aromatic rings. The molecule has 0 unspecified atom stereocenters. The molecule has 0 saturated carbocycles. The van der Waals surface area contributed by atoms with Gasteiger partial charge in [0, 0.05) is 23.6 Å². The quantitative estimate of drug-likeness (QED) is 0.539. The maximum Gasteiger partial charge on any atom is 0.287 e. The van der Waals surface area contributed by atoms with E-state index in [1.54, 1.807) is 37.3 Å². The molecule has 1 N–H and O–H groups in total. The molecule has 138 valence electrons. The molecule has 0 aliphatic carbocycles. The van der Waals surface area contributed by atoms with Crippen LogP contribution in [0.25, 0.3) is 0 Å². The van der Waals surface area contributed by atoms with Gasteiger partial charge in [0.2, 0.25) is 5.91 Å². The molecule has 0 atom stereocenters. The summed E-state index contributed by atoms with van der Waals surface area (Å²) in [5.41, 5.74) is 0.617. The zero-order chi connectivity index (χ0) is 19.1. The Kier molecular flexibility index (Phi) is 6.85. The molecule has 0 aliphatic rings. The second-order valence-electron chi connectivity index (χ2n) is 5.20. The zero-order valence-corrected chi connectivity index (χ0v) is 15.6. The molecule has 0 saturated heterocycles. The van der Waals surface area contributed by atoms with Crippen molar-refractivity contribution in [1.29, 1.82) is 0 Å². The van der Waals surface area contributed by atoms with Crippen molar-refractivity contribution in [2.24, 2.45) is 0 Å². The smallest absolute Gasteiger partial charge is 0.287 e. The summed E-state index contributed by atoms with van der Waals surface area (Å²) >= 11 is 1.25. The number of nitrogens with zero attached hydrogens (tertiary/aromatic N) is 1. The highest BCUT2D eigenvalue weighted by atomic mass is 32.2. The average molecular weight is 376 g/mol. The van der Waals surface area contributed by atoms with E-state index in [9.17, 15) is 14.9 Å². The Morgan fingerprint density at radius 1 is 1.12 bits per heavy atom. The molecule has 1 amide bonds. The third kappa shape index (κ3) is 5.13. The summed E-state index contributed by atoms with van der Waals surface area (Å²) in [6.07, 6.45) is 0. The minimum atomic E-state index is -0.438. The van der Waals surface area contributed by atoms with E-state index >= 15 is 0 Å². The van der Waals surface area contributed by atoms with Gasteiger partial charge in [0.25, 0.3) is 5.69 Å². The van der Waals surface area contributed by atoms with Crippen LogP contribution in [0.5, 0.6) is 11.5 Å². The molecule has 0 radical (unpaired) electrons. The Labute approximate surface area is 155 Å². The fourth-order valence-electron chi connectivity index (χ4n) is 2.23. The molecule has 0 aliphatic heterocycles. The van der Waals surface area contributed by atoms with Crippen LogP contribution in [0.1, 0.15) is 20.8 Å².